The van der Waals surface area contributed by atoms with E-state index in [1.54, 1.807) is 0 Å². The van der Waals surface area contributed by atoms with E-state index in [0.717, 1.165) is 33.8 Å². The van der Waals surface area contributed by atoms with Gasteiger partial charge in [-0.1, -0.05) is 30.3 Å². The summed E-state index contributed by atoms with van der Waals surface area (Å²) in [5, 5.41) is 0. The number of anilines is 2. The summed E-state index contributed by atoms with van der Waals surface area (Å²) in [6.07, 6.45) is 1.87. The predicted molar refractivity (Wildman–Crippen MR) is 83.9 cm³/mol. The molecule has 0 aliphatic rings. The third kappa shape index (κ3) is 2.47. The number of hydrogen-bond acceptors (Lipinski definition) is 3. The first-order valence-electron chi connectivity index (χ1n) is 6.40. The minimum Gasteiger partial charge on any atom is -0.399 e. The highest BCUT2D eigenvalue weighted by Crippen LogP contribution is 2.24. The molecule has 1 heterocycles. The molecular formula is C17H15N3. The number of hydrogen-bond donors (Lipinski definition) is 2. The zero-order valence-corrected chi connectivity index (χ0v) is 11.0. The lowest BCUT2D eigenvalue weighted by atomic mass is 10.1. The molecule has 0 aliphatic carbocycles. The normalized spacial score (nSPS) is 10.4. The van der Waals surface area contributed by atoms with E-state index in [-0.39, 0.29) is 0 Å². The van der Waals surface area contributed by atoms with Gasteiger partial charge in [-0.3, -0.25) is 4.98 Å². The van der Waals surface area contributed by atoms with Gasteiger partial charge in [0.05, 0.1) is 5.69 Å². The van der Waals surface area contributed by atoms with Crippen LogP contribution in [-0.4, -0.2) is 4.98 Å². The second-order valence-corrected chi connectivity index (χ2v) is 4.68. The van der Waals surface area contributed by atoms with E-state index in [1.165, 1.54) is 0 Å². The van der Waals surface area contributed by atoms with Crippen LogP contribution in [0.2, 0.25) is 0 Å². The molecule has 0 saturated carbocycles. The number of benzene rings is 2. The van der Waals surface area contributed by atoms with Crippen molar-refractivity contribution in [2.24, 2.45) is 0 Å². The molecule has 98 valence electrons. The Balaban J connectivity index is 1.93. The number of nitrogens with zero attached hydrogens (tertiary/aromatic N) is 1. The molecule has 0 bridgehead atoms. The Bertz CT molecular complexity index is 716. The molecule has 0 saturated heterocycles. The third-order valence-corrected chi connectivity index (χ3v) is 3.19. The Morgan fingerprint density at radius 3 is 2.05 bits per heavy atom. The van der Waals surface area contributed by atoms with E-state index in [4.69, 9.17) is 11.5 Å². The molecule has 4 N–H and O–H groups in total. The van der Waals surface area contributed by atoms with Crippen LogP contribution in [0.4, 0.5) is 11.4 Å². The first-order chi connectivity index (χ1) is 9.72. The Morgan fingerprint density at radius 1 is 0.650 bits per heavy atom. The van der Waals surface area contributed by atoms with Gasteiger partial charge in [0.15, 0.2) is 0 Å². The molecule has 3 nitrogen and oxygen atoms in total. The molecular weight excluding hydrogens is 246 g/mol. The van der Waals surface area contributed by atoms with Crippen molar-refractivity contribution >= 4 is 11.4 Å². The van der Waals surface area contributed by atoms with Crippen LogP contribution in [-0.2, 0) is 0 Å². The molecule has 20 heavy (non-hydrogen) atoms. The molecule has 0 spiro atoms. The number of nitrogens with two attached hydrogens (primary N) is 2. The van der Waals surface area contributed by atoms with E-state index in [9.17, 15) is 0 Å². The van der Waals surface area contributed by atoms with Gasteiger partial charge in [-0.25, -0.2) is 0 Å². The third-order valence-electron chi connectivity index (χ3n) is 3.19. The first kappa shape index (κ1) is 12.2. The van der Waals surface area contributed by atoms with Crippen molar-refractivity contribution in [3.8, 4) is 22.4 Å². The van der Waals surface area contributed by atoms with E-state index in [1.807, 2.05) is 60.8 Å². The van der Waals surface area contributed by atoms with Gasteiger partial charge in [0.25, 0.3) is 0 Å². The van der Waals surface area contributed by atoms with Crippen molar-refractivity contribution in [2.75, 3.05) is 11.5 Å². The first-order valence-corrected chi connectivity index (χ1v) is 6.40. The summed E-state index contributed by atoms with van der Waals surface area (Å²) in [4.78, 5) is 4.50. The van der Waals surface area contributed by atoms with Gasteiger partial charge < -0.3 is 11.5 Å². The number of nitrogen functional groups attached to an aromatic ring is 2. The highest BCUT2D eigenvalue weighted by Gasteiger charge is 2.02. The Kier molecular flexibility index (Phi) is 3.09. The molecule has 2 aromatic carbocycles. The van der Waals surface area contributed by atoms with Gasteiger partial charge in [0.1, 0.15) is 0 Å². The SMILES string of the molecule is Nc1ccc(-c2ccc(-c3cccc(N)c3)nc2)cc1. The van der Waals surface area contributed by atoms with Gasteiger partial charge in [-0.2, -0.15) is 0 Å². The minimum atomic E-state index is 0.743. The minimum absolute atomic E-state index is 0.743. The van der Waals surface area contributed by atoms with Gasteiger partial charge in [0, 0.05) is 28.7 Å². The van der Waals surface area contributed by atoms with Gasteiger partial charge in [-0.05, 0) is 35.9 Å². The van der Waals surface area contributed by atoms with Crippen molar-refractivity contribution in [2.45, 2.75) is 0 Å². The summed E-state index contributed by atoms with van der Waals surface area (Å²) in [6.45, 7) is 0. The maximum Gasteiger partial charge on any atom is 0.0703 e. The van der Waals surface area contributed by atoms with Crippen LogP contribution in [0.15, 0.2) is 66.9 Å². The van der Waals surface area contributed by atoms with E-state index in [2.05, 4.69) is 11.1 Å². The van der Waals surface area contributed by atoms with Crippen molar-refractivity contribution in [3.05, 3.63) is 66.9 Å². The van der Waals surface area contributed by atoms with Crippen LogP contribution in [0.3, 0.4) is 0 Å². The maximum atomic E-state index is 5.79. The van der Waals surface area contributed by atoms with Crippen LogP contribution in [0.25, 0.3) is 22.4 Å². The second-order valence-electron chi connectivity index (χ2n) is 4.68. The van der Waals surface area contributed by atoms with E-state index >= 15 is 0 Å². The summed E-state index contributed by atoms with van der Waals surface area (Å²) in [6, 6.07) is 19.5. The summed E-state index contributed by atoms with van der Waals surface area (Å²) in [7, 11) is 0. The maximum absolute atomic E-state index is 5.79. The Morgan fingerprint density at radius 2 is 1.40 bits per heavy atom. The number of rotatable bonds is 2. The van der Waals surface area contributed by atoms with Gasteiger partial charge >= 0.3 is 0 Å². The zero-order valence-electron chi connectivity index (χ0n) is 11.0. The van der Waals surface area contributed by atoms with Crippen LogP contribution in [0.5, 0.6) is 0 Å². The monoisotopic (exact) mass is 261 g/mol. The summed E-state index contributed by atoms with van der Waals surface area (Å²) >= 11 is 0. The molecule has 0 aliphatic heterocycles. The molecule has 0 amide bonds. The smallest absolute Gasteiger partial charge is 0.0703 e. The average Bonchev–Trinajstić information content (AvgIpc) is 2.48. The molecule has 3 heteroatoms. The van der Waals surface area contributed by atoms with Crippen LogP contribution < -0.4 is 11.5 Å². The fourth-order valence-electron chi connectivity index (χ4n) is 2.11. The Labute approximate surface area is 117 Å². The lowest BCUT2D eigenvalue weighted by Crippen LogP contribution is -1.88. The number of aromatic nitrogens is 1. The zero-order chi connectivity index (χ0) is 13.9. The molecule has 0 atom stereocenters. The predicted octanol–water partition coefficient (Wildman–Crippen LogP) is 3.58. The molecule has 0 radical (unpaired) electrons. The van der Waals surface area contributed by atoms with Gasteiger partial charge in [-0.15, -0.1) is 0 Å². The largest absolute Gasteiger partial charge is 0.399 e. The summed E-state index contributed by atoms with van der Waals surface area (Å²) in [5.41, 5.74) is 17.1. The quantitative estimate of drug-likeness (QED) is 0.693. The average molecular weight is 261 g/mol. The van der Waals surface area contributed by atoms with Crippen LogP contribution in [0.1, 0.15) is 0 Å². The lowest BCUT2D eigenvalue weighted by Gasteiger charge is -2.05. The molecule has 0 unspecified atom stereocenters. The highest BCUT2D eigenvalue weighted by molar-refractivity contribution is 5.69. The standard InChI is InChI=1S/C17H15N3/c18-15-7-4-12(5-8-15)14-6-9-17(20-11-14)13-2-1-3-16(19)10-13/h1-11H,18-19H2. The van der Waals surface area contributed by atoms with Crippen molar-refractivity contribution in [1.82, 2.24) is 4.98 Å². The second kappa shape index (κ2) is 5.05. The number of pyridine rings is 1. The molecule has 3 rings (SSSR count). The Hall–Kier alpha value is -2.81. The van der Waals surface area contributed by atoms with Crippen molar-refractivity contribution < 1.29 is 0 Å². The topological polar surface area (TPSA) is 64.9 Å². The molecule has 0 fully saturated rings. The fraction of sp³-hybridized carbons (Fsp3) is 0. The van der Waals surface area contributed by atoms with Crippen molar-refractivity contribution in [3.63, 3.8) is 0 Å². The lowest BCUT2D eigenvalue weighted by molar-refractivity contribution is 1.33. The molecule has 1 aromatic heterocycles. The molecule has 3 aromatic rings. The van der Waals surface area contributed by atoms with E-state index in [0.29, 0.717) is 0 Å². The van der Waals surface area contributed by atoms with Gasteiger partial charge in [0.2, 0.25) is 0 Å². The van der Waals surface area contributed by atoms with Crippen molar-refractivity contribution in [1.29, 1.82) is 0 Å². The van der Waals surface area contributed by atoms with E-state index < -0.39 is 0 Å². The highest BCUT2D eigenvalue weighted by atomic mass is 14.7. The summed E-state index contributed by atoms with van der Waals surface area (Å²) < 4.78 is 0. The fourth-order valence-corrected chi connectivity index (χ4v) is 2.11. The summed E-state index contributed by atoms with van der Waals surface area (Å²) in [5.74, 6) is 0. The van der Waals surface area contributed by atoms with Crippen LogP contribution in [0, 0.1) is 0 Å². The van der Waals surface area contributed by atoms with Crippen LogP contribution >= 0.6 is 0 Å².